The van der Waals surface area contributed by atoms with Crippen molar-refractivity contribution >= 4 is 28.4 Å². The van der Waals surface area contributed by atoms with Crippen molar-refractivity contribution in [3.63, 3.8) is 0 Å². The number of anilines is 2. The van der Waals surface area contributed by atoms with E-state index in [1.54, 1.807) is 35.1 Å². The molecule has 3 aliphatic heterocycles. The van der Waals surface area contributed by atoms with Gasteiger partial charge in [-0.3, -0.25) is 9.48 Å². The Bertz CT molecular complexity index is 1680. The first kappa shape index (κ1) is 35.0. The van der Waals surface area contributed by atoms with E-state index in [0.717, 1.165) is 58.4 Å². The van der Waals surface area contributed by atoms with E-state index < -0.39 is 16.7 Å². The Balaban J connectivity index is 1.03. The number of rotatable bonds is 11. The van der Waals surface area contributed by atoms with Gasteiger partial charge >= 0.3 is 0 Å². The van der Waals surface area contributed by atoms with Crippen LogP contribution in [0.1, 0.15) is 63.7 Å². The van der Waals surface area contributed by atoms with Gasteiger partial charge < -0.3 is 24.2 Å². The van der Waals surface area contributed by atoms with E-state index >= 15 is 0 Å². The zero-order valence-corrected chi connectivity index (χ0v) is 29.8. The van der Waals surface area contributed by atoms with Gasteiger partial charge in [-0.15, -0.1) is 0 Å². The summed E-state index contributed by atoms with van der Waals surface area (Å²) in [6, 6.07) is 5.32. The lowest BCUT2D eigenvalue weighted by Crippen LogP contribution is -2.61. The normalized spacial score (nSPS) is 21.0. The first-order chi connectivity index (χ1) is 23.4. The van der Waals surface area contributed by atoms with E-state index in [1.165, 1.54) is 28.8 Å². The Kier molecular flexibility index (Phi) is 10.4. The van der Waals surface area contributed by atoms with Crippen molar-refractivity contribution in [3.8, 4) is 11.5 Å². The quantitative estimate of drug-likeness (QED) is 0.295. The molecule has 0 bridgehead atoms. The average Bonchev–Trinajstić information content (AvgIpc) is 3.47. The number of carbonyl (C=O) groups excluding carboxylic acids is 1. The summed E-state index contributed by atoms with van der Waals surface area (Å²) in [5, 5.41) is 4.28. The van der Waals surface area contributed by atoms with Crippen LogP contribution in [0.4, 0.5) is 16.0 Å². The third kappa shape index (κ3) is 7.68. The number of benzene rings is 1. The number of likely N-dealkylation sites (tertiary alicyclic amines) is 1. The van der Waals surface area contributed by atoms with E-state index in [9.17, 15) is 17.6 Å². The standard InChI is InChI=1S/C34H47FN8O5S/c1-23(2)42(24(3)4)33(44)28-16-25(35)6-9-29(28)48-30-17-36-22-37-32(30)41-20-34(21-41)11-14-40(15-12-34)18-27-8-7-26(19-47-27)43(49(45)46)31-10-13-39(5)38-31/h6,9-10,13,16-17,22-24,26-27,49H,7-8,11-12,14-15,18-21H2,1-5H3/t26-,27+/m1/s1. The number of ether oxygens (including phenoxy) is 2. The highest BCUT2D eigenvalue weighted by molar-refractivity contribution is 7.74. The second kappa shape index (κ2) is 14.6. The predicted octanol–water partition coefficient (Wildman–Crippen LogP) is 3.88. The van der Waals surface area contributed by atoms with Crippen LogP contribution in [-0.4, -0.2) is 107 Å². The molecule has 0 radical (unpaired) electrons. The van der Waals surface area contributed by atoms with Crippen LogP contribution in [0.15, 0.2) is 43.0 Å². The van der Waals surface area contributed by atoms with E-state index in [2.05, 4.69) is 24.9 Å². The van der Waals surface area contributed by atoms with Gasteiger partial charge in [0.1, 0.15) is 17.9 Å². The molecular weight excluding hydrogens is 651 g/mol. The SMILES string of the molecule is CC(C)N(C(=O)c1cc(F)ccc1Oc1cncnc1N1CC2(CCN(C[C@@H]3CC[C@@H](N(c4ccn(C)n4)[SH](=O)=O)CO3)CC2)C1)C(C)C. The lowest BCUT2D eigenvalue weighted by molar-refractivity contribution is -0.0269. The molecule has 266 valence electrons. The zero-order valence-electron chi connectivity index (χ0n) is 28.9. The number of hydrogen-bond acceptors (Lipinski definition) is 10. The van der Waals surface area contributed by atoms with Gasteiger partial charge in [0.2, 0.25) is 10.9 Å². The number of halogens is 1. The number of aromatic nitrogens is 4. The summed E-state index contributed by atoms with van der Waals surface area (Å²) in [7, 11) is -1.05. The molecule has 0 N–H and O–H groups in total. The summed E-state index contributed by atoms with van der Waals surface area (Å²) in [6.45, 7) is 12.5. The minimum atomic E-state index is -2.82. The Morgan fingerprint density at radius 2 is 1.84 bits per heavy atom. The first-order valence-corrected chi connectivity index (χ1v) is 18.2. The summed E-state index contributed by atoms with van der Waals surface area (Å²) >= 11 is 0. The van der Waals surface area contributed by atoms with Gasteiger partial charge in [-0.2, -0.15) is 5.10 Å². The Morgan fingerprint density at radius 3 is 2.45 bits per heavy atom. The summed E-state index contributed by atoms with van der Waals surface area (Å²) in [5.74, 6) is 0.966. The third-order valence-electron chi connectivity index (χ3n) is 9.93. The van der Waals surface area contributed by atoms with Gasteiger partial charge in [-0.1, -0.05) is 0 Å². The second-order valence-electron chi connectivity index (χ2n) is 14.1. The van der Waals surface area contributed by atoms with Crippen molar-refractivity contribution in [2.75, 3.05) is 48.5 Å². The molecule has 2 aromatic heterocycles. The summed E-state index contributed by atoms with van der Waals surface area (Å²) in [5.41, 5.74) is 0.333. The minimum absolute atomic E-state index is 0.0652. The highest BCUT2D eigenvalue weighted by Gasteiger charge is 2.46. The molecule has 6 rings (SSSR count). The molecular formula is C34H47FN8O5S. The second-order valence-corrected chi connectivity index (χ2v) is 15.0. The maximum atomic E-state index is 14.4. The van der Waals surface area contributed by atoms with Gasteiger partial charge in [0.15, 0.2) is 17.4 Å². The molecule has 13 nitrogen and oxygen atoms in total. The van der Waals surface area contributed by atoms with E-state index in [0.29, 0.717) is 24.0 Å². The number of nitrogens with zero attached hydrogens (tertiary/aromatic N) is 8. The molecule has 0 unspecified atom stereocenters. The maximum absolute atomic E-state index is 14.4. The van der Waals surface area contributed by atoms with Gasteiger partial charge in [0.25, 0.3) is 5.91 Å². The molecule has 1 amide bonds. The molecule has 0 saturated carbocycles. The number of amides is 1. The van der Waals surface area contributed by atoms with Crippen molar-refractivity contribution in [2.45, 2.75) is 77.6 Å². The molecule has 3 fully saturated rings. The molecule has 2 atom stereocenters. The molecule has 3 aromatic rings. The van der Waals surface area contributed by atoms with Gasteiger partial charge in [0, 0.05) is 56.4 Å². The largest absolute Gasteiger partial charge is 0.451 e. The van der Waals surface area contributed by atoms with Crippen molar-refractivity contribution in [1.82, 2.24) is 29.5 Å². The lowest BCUT2D eigenvalue weighted by Gasteiger charge is -2.54. The fourth-order valence-electron chi connectivity index (χ4n) is 7.49. The molecule has 3 aliphatic rings. The van der Waals surface area contributed by atoms with Crippen LogP contribution >= 0.6 is 0 Å². The fourth-order valence-corrected chi connectivity index (χ4v) is 8.21. The first-order valence-electron chi connectivity index (χ1n) is 17.0. The number of piperidine rings is 1. The highest BCUT2D eigenvalue weighted by atomic mass is 32.2. The molecule has 49 heavy (non-hydrogen) atoms. The van der Waals surface area contributed by atoms with Crippen LogP contribution in [0, 0.1) is 11.2 Å². The van der Waals surface area contributed by atoms with Crippen molar-refractivity contribution in [3.05, 3.63) is 54.4 Å². The van der Waals surface area contributed by atoms with Crippen molar-refractivity contribution < 1.29 is 27.1 Å². The number of hydrogen-bond donors (Lipinski definition) is 1. The molecule has 1 aromatic carbocycles. The minimum Gasteiger partial charge on any atom is -0.451 e. The molecule has 5 heterocycles. The fraction of sp³-hybridized carbons (Fsp3) is 0.588. The van der Waals surface area contributed by atoms with E-state index in [-0.39, 0.29) is 46.9 Å². The van der Waals surface area contributed by atoms with E-state index in [4.69, 9.17) is 9.47 Å². The molecule has 1 spiro atoms. The topological polar surface area (TPSA) is 126 Å². The average molecular weight is 699 g/mol. The van der Waals surface area contributed by atoms with E-state index in [1.807, 2.05) is 27.7 Å². The van der Waals surface area contributed by atoms with Crippen LogP contribution < -0.4 is 13.9 Å². The number of aryl methyl sites for hydroxylation is 1. The molecule has 3 saturated heterocycles. The van der Waals surface area contributed by atoms with Crippen molar-refractivity contribution in [2.24, 2.45) is 12.5 Å². The lowest BCUT2D eigenvalue weighted by atomic mass is 9.72. The van der Waals surface area contributed by atoms with Crippen LogP contribution in [0.3, 0.4) is 0 Å². The highest BCUT2D eigenvalue weighted by Crippen LogP contribution is 2.45. The van der Waals surface area contributed by atoms with Gasteiger partial charge in [-0.05, 0) is 84.7 Å². The molecule has 0 aliphatic carbocycles. The zero-order chi connectivity index (χ0) is 34.9. The smallest absolute Gasteiger partial charge is 0.258 e. The summed E-state index contributed by atoms with van der Waals surface area (Å²) < 4.78 is 53.9. The monoisotopic (exact) mass is 698 g/mol. The van der Waals surface area contributed by atoms with Gasteiger partial charge in [0.05, 0.1) is 30.5 Å². The molecule has 15 heteroatoms. The van der Waals surface area contributed by atoms with Crippen LogP contribution in [0.2, 0.25) is 0 Å². The maximum Gasteiger partial charge on any atom is 0.258 e. The number of carbonyl (C=O) groups is 1. The van der Waals surface area contributed by atoms with Crippen LogP contribution in [0.25, 0.3) is 0 Å². The predicted molar refractivity (Wildman–Crippen MR) is 184 cm³/mol. The Morgan fingerprint density at radius 1 is 1.10 bits per heavy atom. The Labute approximate surface area is 289 Å². The van der Waals surface area contributed by atoms with Gasteiger partial charge in [-0.25, -0.2) is 27.1 Å². The third-order valence-corrected chi connectivity index (χ3v) is 10.8. The van der Waals surface area contributed by atoms with Crippen LogP contribution in [0.5, 0.6) is 11.5 Å². The van der Waals surface area contributed by atoms with Crippen LogP contribution in [-0.2, 0) is 22.7 Å². The summed E-state index contributed by atoms with van der Waals surface area (Å²) in [4.78, 5) is 28.6. The number of thiol groups is 1. The summed E-state index contributed by atoms with van der Waals surface area (Å²) in [6.07, 6.45) is 8.48. The van der Waals surface area contributed by atoms with Crippen molar-refractivity contribution in [1.29, 1.82) is 0 Å². The Hall–Kier alpha value is -3.82.